The van der Waals surface area contributed by atoms with Crippen molar-refractivity contribution < 1.29 is 9.59 Å². The number of rotatable bonds is 6. The zero-order chi connectivity index (χ0) is 19.1. The summed E-state index contributed by atoms with van der Waals surface area (Å²) in [5.74, 6) is 0.481. The fraction of sp³-hybridized carbons (Fsp3) is 0.500. The highest BCUT2D eigenvalue weighted by Gasteiger charge is 2.29. The van der Waals surface area contributed by atoms with Crippen LogP contribution in [0, 0.1) is 17.2 Å². The van der Waals surface area contributed by atoms with E-state index in [2.05, 4.69) is 17.5 Å². The number of piperidine rings is 1. The van der Waals surface area contributed by atoms with E-state index in [0.29, 0.717) is 18.8 Å². The monoisotopic (exact) mass is 365 g/mol. The number of likely N-dealkylation sites (tertiary alicyclic amines) is 1. The molecule has 1 aliphatic carbocycles. The number of benzene rings is 1. The van der Waals surface area contributed by atoms with Gasteiger partial charge in [-0.05, 0) is 50.0 Å². The van der Waals surface area contributed by atoms with Crippen LogP contribution >= 0.6 is 0 Å². The van der Waals surface area contributed by atoms with Crippen LogP contribution in [-0.4, -0.2) is 23.3 Å². The molecule has 2 atom stereocenters. The van der Waals surface area contributed by atoms with Crippen molar-refractivity contribution in [1.29, 1.82) is 5.26 Å². The lowest BCUT2D eigenvalue weighted by Gasteiger charge is -2.38. The molecular weight excluding hydrogens is 338 g/mol. The van der Waals surface area contributed by atoms with Crippen molar-refractivity contribution in [2.24, 2.45) is 5.92 Å². The minimum absolute atomic E-state index is 0.126. The van der Waals surface area contributed by atoms with Gasteiger partial charge in [0.05, 0.1) is 6.07 Å². The lowest BCUT2D eigenvalue weighted by molar-refractivity contribution is -0.130. The zero-order valence-electron chi connectivity index (χ0n) is 15.7. The molecule has 1 N–H and O–H groups in total. The smallest absolute Gasteiger partial charge is 0.226 e. The molecule has 1 heterocycles. The Balaban J connectivity index is 1.46. The fourth-order valence-electron chi connectivity index (χ4n) is 4.05. The van der Waals surface area contributed by atoms with Gasteiger partial charge in [-0.3, -0.25) is 9.59 Å². The Bertz CT molecular complexity index is 736. The summed E-state index contributed by atoms with van der Waals surface area (Å²) in [6.07, 6.45) is 9.09. The normalized spacial score (nSPS) is 20.0. The van der Waals surface area contributed by atoms with E-state index < -0.39 is 6.04 Å². The molecule has 0 aromatic heterocycles. The van der Waals surface area contributed by atoms with Gasteiger partial charge in [-0.2, -0.15) is 5.26 Å². The first-order valence-electron chi connectivity index (χ1n) is 9.93. The van der Waals surface area contributed by atoms with Gasteiger partial charge in [-0.25, -0.2) is 0 Å². The molecule has 0 bridgehead atoms. The van der Waals surface area contributed by atoms with Crippen LogP contribution in [0.4, 0.5) is 0 Å². The number of allylic oxidation sites excluding steroid dienone is 2. The van der Waals surface area contributed by atoms with Crippen molar-refractivity contribution in [3.8, 4) is 6.07 Å². The number of fused-ring (bicyclic) bond motifs is 1. The third kappa shape index (κ3) is 4.97. The average Bonchev–Trinajstić information content (AvgIpc) is 2.72. The van der Waals surface area contributed by atoms with Crippen molar-refractivity contribution >= 4 is 11.8 Å². The van der Waals surface area contributed by atoms with Gasteiger partial charge in [0.2, 0.25) is 11.8 Å². The minimum Gasteiger partial charge on any atom is -0.337 e. The third-order valence-corrected chi connectivity index (χ3v) is 5.44. The maximum atomic E-state index is 12.6. The van der Waals surface area contributed by atoms with Crippen LogP contribution in [0.5, 0.6) is 0 Å². The summed E-state index contributed by atoms with van der Waals surface area (Å²) in [6.45, 7) is 0.803. The number of amides is 2. The SMILES string of the molecule is N#CC(NC(=O)CCCC(=O)N1CCCC2CCCC=C21)c1ccccc1. The molecule has 5 nitrogen and oxygen atoms in total. The van der Waals surface area contributed by atoms with Crippen molar-refractivity contribution in [3.05, 3.63) is 47.7 Å². The molecule has 1 aromatic carbocycles. The van der Waals surface area contributed by atoms with E-state index >= 15 is 0 Å². The molecule has 1 aliphatic heterocycles. The fourth-order valence-corrected chi connectivity index (χ4v) is 4.05. The Labute approximate surface area is 161 Å². The first kappa shape index (κ1) is 19.2. The predicted octanol–water partition coefficient (Wildman–Crippen LogP) is 3.84. The molecule has 5 heteroatoms. The molecule has 142 valence electrons. The van der Waals surface area contributed by atoms with Crippen LogP contribution in [-0.2, 0) is 9.59 Å². The van der Waals surface area contributed by atoms with Gasteiger partial charge >= 0.3 is 0 Å². The summed E-state index contributed by atoms with van der Waals surface area (Å²) in [5.41, 5.74) is 1.99. The summed E-state index contributed by atoms with van der Waals surface area (Å²) >= 11 is 0. The first-order valence-corrected chi connectivity index (χ1v) is 9.93. The van der Waals surface area contributed by atoms with Gasteiger partial charge in [-0.1, -0.05) is 36.4 Å². The van der Waals surface area contributed by atoms with Gasteiger partial charge in [0, 0.05) is 25.1 Å². The molecule has 2 unspecified atom stereocenters. The van der Waals surface area contributed by atoms with Crippen molar-refractivity contribution in [1.82, 2.24) is 10.2 Å². The Morgan fingerprint density at radius 2 is 1.96 bits per heavy atom. The molecular formula is C22H27N3O2. The molecule has 0 spiro atoms. The molecule has 1 aromatic rings. The van der Waals surface area contributed by atoms with Gasteiger partial charge in [0.25, 0.3) is 0 Å². The zero-order valence-corrected chi connectivity index (χ0v) is 15.7. The number of nitriles is 1. The van der Waals surface area contributed by atoms with E-state index in [0.717, 1.165) is 24.9 Å². The molecule has 2 aliphatic rings. The second-order valence-electron chi connectivity index (χ2n) is 7.34. The number of hydrogen-bond acceptors (Lipinski definition) is 3. The predicted molar refractivity (Wildman–Crippen MR) is 103 cm³/mol. The highest BCUT2D eigenvalue weighted by atomic mass is 16.2. The molecule has 1 fully saturated rings. The quantitative estimate of drug-likeness (QED) is 0.832. The van der Waals surface area contributed by atoms with Crippen molar-refractivity contribution in [2.45, 2.75) is 57.4 Å². The third-order valence-electron chi connectivity index (χ3n) is 5.44. The maximum Gasteiger partial charge on any atom is 0.226 e. The average molecular weight is 365 g/mol. The standard InChI is InChI=1S/C22H27N3O2/c23-16-19(17-8-2-1-3-9-17)24-21(26)13-6-14-22(27)25-15-7-11-18-10-4-5-12-20(18)25/h1-3,8-9,12,18-19H,4-7,10-11,13-15H2,(H,24,26). The Kier molecular flexibility index (Phi) is 6.64. The van der Waals surface area contributed by atoms with E-state index in [-0.39, 0.29) is 18.2 Å². The highest BCUT2D eigenvalue weighted by molar-refractivity contribution is 5.80. The summed E-state index contributed by atoms with van der Waals surface area (Å²) in [7, 11) is 0. The van der Waals surface area contributed by atoms with E-state index in [4.69, 9.17) is 0 Å². The van der Waals surface area contributed by atoms with Gasteiger partial charge in [-0.15, -0.1) is 0 Å². The van der Waals surface area contributed by atoms with E-state index in [1.54, 1.807) is 0 Å². The van der Waals surface area contributed by atoms with Crippen LogP contribution in [0.25, 0.3) is 0 Å². The number of nitrogens with one attached hydrogen (secondary N) is 1. The van der Waals surface area contributed by atoms with Gasteiger partial charge in [0.15, 0.2) is 0 Å². The van der Waals surface area contributed by atoms with Gasteiger partial charge in [0.1, 0.15) is 6.04 Å². The van der Waals surface area contributed by atoms with Crippen LogP contribution in [0.1, 0.15) is 63.0 Å². The summed E-state index contributed by atoms with van der Waals surface area (Å²) in [4.78, 5) is 26.8. The number of nitrogens with zero attached hydrogens (tertiary/aromatic N) is 2. The van der Waals surface area contributed by atoms with E-state index in [1.807, 2.05) is 35.2 Å². The lowest BCUT2D eigenvalue weighted by atomic mass is 9.85. The Hall–Kier alpha value is -2.61. The number of carbonyl (C=O) groups excluding carboxylic acids is 2. The largest absolute Gasteiger partial charge is 0.337 e. The molecule has 2 amide bonds. The lowest BCUT2D eigenvalue weighted by Crippen LogP contribution is -2.39. The highest BCUT2D eigenvalue weighted by Crippen LogP contribution is 2.35. The topological polar surface area (TPSA) is 73.2 Å². The molecule has 0 saturated carbocycles. The summed E-state index contributed by atoms with van der Waals surface area (Å²) < 4.78 is 0. The molecule has 3 rings (SSSR count). The van der Waals surface area contributed by atoms with Crippen LogP contribution in [0.3, 0.4) is 0 Å². The second kappa shape index (κ2) is 9.36. The maximum absolute atomic E-state index is 12.6. The second-order valence-corrected chi connectivity index (χ2v) is 7.34. The Morgan fingerprint density at radius 1 is 1.19 bits per heavy atom. The molecule has 1 saturated heterocycles. The molecule has 27 heavy (non-hydrogen) atoms. The number of carbonyl (C=O) groups is 2. The summed E-state index contributed by atoms with van der Waals surface area (Å²) in [5, 5.41) is 12.0. The van der Waals surface area contributed by atoms with Crippen molar-refractivity contribution in [3.63, 3.8) is 0 Å². The summed E-state index contributed by atoms with van der Waals surface area (Å²) in [6, 6.07) is 10.7. The number of hydrogen-bond donors (Lipinski definition) is 1. The van der Waals surface area contributed by atoms with Crippen LogP contribution < -0.4 is 5.32 Å². The van der Waals surface area contributed by atoms with Crippen LogP contribution in [0.2, 0.25) is 0 Å². The van der Waals surface area contributed by atoms with Crippen molar-refractivity contribution in [2.75, 3.05) is 6.54 Å². The Morgan fingerprint density at radius 3 is 2.74 bits per heavy atom. The van der Waals surface area contributed by atoms with Crippen LogP contribution in [0.15, 0.2) is 42.1 Å². The first-order chi connectivity index (χ1) is 13.2. The van der Waals surface area contributed by atoms with E-state index in [1.165, 1.54) is 25.0 Å². The van der Waals surface area contributed by atoms with E-state index in [9.17, 15) is 14.9 Å². The molecule has 0 radical (unpaired) electrons. The van der Waals surface area contributed by atoms with Gasteiger partial charge < -0.3 is 10.2 Å². The minimum atomic E-state index is -0.648.